The highest BCUT2D eigenvalue weighted by Crippen LogP contribution is 2.40. The van der Waals surface area contributed by atoms with Gasteiger partial charge >= 0.3 is 0 Å². The monoisotopic (exact) mass is 383 g/mol. The Morgan fingerprint density at radius 1 is 1.11 bits per heavy atom. The first-order valence-electron chi connectivity index (χ1n) is 9.43. The van der Waals surface area contributed by atoms with Crippen molar-refractivity contribution >= 4 is 23.2 Å². The topological polar surface area (TPSA) is 57.1 Å². The number of aliphatic imine (C=N–C) groups is 1. The van der Waals surface area contributed by atoms with E-state index in [4.69, 9.17) is 9.73 Å². The summed E-state index contributed by atoms with van der Waals surface area (Å²) in [6.07, 6.45) is -0.376. The number of aliphatic hydroxyl groups is 1. The van der Waals surface area contributed by atoms with Gasteiger partial charge in [-0.15, -0.1) is 0 Å². The quantitative estimate of drug-likeness (QED) is 0.777. The summed E-state index contributed by atoms with van der Waals surface area (Å²) in [6.45, 7) is 5.33. The second kappa shape index (κ2) is 8.54. The number of rotatable bonds is 5. The largest absolute Gasteiger partial charge is 0.368 e. The van der Waals surface area contributed by atoms with Crippen LogP contribution in [0.5, 0.6) is 0 Å². The van der Waals surface area contributed by atoms with E-state index >= 15 is 0 Å². The summed E-state index contributed by atoms with van der Waals surface area (Å²) >= 11 is 1.76. The molecule has 2 N–H and O–H groups in total. The van der Waals surface area contributed by atoms with Gasteiger partial charge in [0.1, 0.15) is 6.23 Å². The highest BCUT2D eigenvalue weighted by atomic mass is 32.2. The lowest BCUT2D eigenvalue weighted by molar-refractivity contribution is -0.171. The number of hydrogen-bond acceptors (Lipinski definition) is 6. The molecule has 6 heteroatoms. The highest BCUT2D eigenvalue weighted by Gasteiger charge is 2.27. The predicted molar refractivity (Wildman–Crippen MR) is 109 cm³/mol. The Hall–Kier alpha value is -1.70. The molecule has 5 nitrogen and oxygen atoms in total. The van der Waals surface area contributed by atoms with Crippen molar-refractivity contribution in [2.45, 2.75) is 35.7 Å². The summed E-state index contributed by atoms with van der Waals surface area (Å²) in [4.78, 5) is 9.67. The van der Waals surface area contributed by atoms with Crippen LogP contribution in [-0.2, 0) is 4.74 Å². The van der Waals surface area contributed by atoms with Crippen LogP contribution < -0.4 is 5.32 Å². The predicted octanol–water partition coefficient (Wildman–Crippen LogP) is 3.25. The van der Waals surface area contributed by atoms with Crippen LogP contribution in [0.15, 0.2) is 63.3 Å². The van der Waals surface area contributed by atoms with Crippen LogP contribution in [0.4, 0.5) is 5.69 Å². The molecule has 27 heavy (non-hydrogen) atoms. The Kier molecular flexibility index (Phi) is 5.90. The van der Waals surface area contributed by atoms with Crippen molar-refractivity contribution < 1.29 is 9.84 Å². The van der Waals surface area contributed by atoms with E-state index in [-0.39, 0.29) is 6.23 Å². The van der Waals surface area contributed by atoms with E-state index in [1.54, 1.807) is 18.7 Å². The summed E-state index contributed by atoms with van der Waals surface area (Å²) in [7, 11) is 0. The maximum absolute atomic E-state index is 9.88. The van der Waals surface area contributed by atoms with Crippen LogP contribution in [0.3, 0.4) is 0 Å². The molecule has 1 fully saturated rings. The van der Waals surface area contributed by atoms with E-state index < -0.39 is 6.29 Å². The molecule has 0 amide bonds. The summed E-state index contributed by atoms with van der Waals surface area (Å²) in [5.41, 5.74) is 3.14. The van der Waals surface area contributed by atoms with Crippen LogP contribution in [0, 0.1) is 0 Å². The summed E-state index contributed by atoms with van der Waals surface area (Å²) < 4.78 is 5.90. The van der Waals surface area contributed by atoms with E-state index in [1.807, 2.05) is 6.07 Å². The maximum Gasteiger partial charge on any atom is 0.153 e. The van der Waals surface area contributed by atoms with Gasteiger partial charge in [0.05, 0.1) is 11.4 Å². The minimum Gasteiger partial charge on any atom is -0.368 e. The second-order valence-corrected chi connectivity index (χ2v) is 7.89. The number of benzene rings is 2. The maximum atomic E-state index is 9.88. The number of nitrogens with zero attached hydrogens (tertiary/aromatic N) is 2. The number of ether oxygens (including phenoxy) is 1. The van der Waals surface area contributed by atoms with Gasteiger partial charge in [-0.1, -0.05) is 42.1 Å². The molecule has 2 aliphatic rings. The summed E-state index contributed by atoms with van der Waals surface area (Å²) in [5, 5.41) is 13.3. The molecule has 0 aliphatic carbocycles. The molecule has 0 radical (unpaired) electrons. The van der Waals surface area contributed by atoms with Crippen molar-refractivity contribution in [1.82, 2.24) is 10.2 Å². The van der Waals surface area contributed by atoms with Crippen LogP contribution in [-0.4, -0.2) is 54.4 Å². The zero-order chi connectivity index (χ0) is 18.6. The van der Waals surface area contributed by atoms with Crippen LogP contribution in [0.1, 0.15) is 18.9 Å². The minimum atomic E-state index is -0.812. The number of para-hydroxylation sites is 1. The molecule has 2 aromatic carbocycles. The Labute approximate surface area is 164 Å². The first-order valence-corrected chi connectivity index (χ1v) is 10.2. The molecular formula is C21H25N3O2S. The van der Waals surface area contributed by atoms with Gasteiger partial charge in [-0.05, 0) is 25.1 Å². The van der Waals surface area contributed by atoms with Crippen molar-refractivity contribution in [3.8, 4) is 0 Å². The van der Waals surface area contributed by atoms with E-state index in [0.717, 1.165) is 48.0 Å². The first-order chi connectivity index (χ1) is 13.2. The van der Waals surface area contributed by atoms with E-state index in [2.05, 4.69) is 52.7 Å². The van der Waals surface area contributed by atoms with Gasteiger partial charge in [0, 0.05) is 48.0 Å². The molecule has 0 saturated carbocycles. The lowest BCUT2D eigenvalue weighted by Crippen LogP contribution is -2.50. The van der Waals surface area contributed by atoms with Crippen molar-refractivity contribution in [3.63, 3.8) is 0 Å². The van der Waals surface area contributed by atoms with Gasteiger partial charge < -0.3 is 15.2 Å². The van der Waals surface area contributed by atoms with E-state index in [9.17, 15) is 5.11 Å². The van der Waals surface area contributed by atoms with Crippen molar-refractivity contribution in [1.29, 1.82) is 0 Å². The molecule has 2 heterocycles. The standard InChI is InChI=1S/C21H25N3O2S/c1-15(25)26-21(24-12-10-22-11-13-24)14-18-16-6-2-4-8-19(16)27-20-9-5-3-7-17(20)23-18/h2-9,15,21-22,25H,10-14H2,1H3. The number of piperazine rings is 1. The van der Waals surface area contributed by atoms with Crippen molar-refractivity contribution in [2.24, 2.45) is 4.99 Å². The lowest BCUT2D eigenvalue weighted by atomic mass is 10.1. The molecule has 2 aliphatic heterocycles. The van der Waals surface area contributed by atoms with Gasteiger partial charge in [0.2, 0.25) is 0 Å². The number of aliphatic hydroxyl groups excluding tert-OH is 1. The fourth-order valence-electron chi connectivity index (χ4n) is 3.54. The SMILES string of the molecule is CC(O)OC(CC1=Nc2ccccc2Sc2ccccc21)N1CCNCC1. The van der Waals surface area contributed by atoms with Crippen LogP contribution >= 0.6 is 11.8 Å². The lowest BCUT2D eigenvalue weighted by Gasteiger charge is -2.35. The molecule has 142 valence electrons. The average molecular weight is 384 g/mol. The van der Waals surface area contributed by atoms with Crippen LogP contribution in [0.2, 0.25) is 0 Å². The molecule has 2 unspecified atom stereocenters. The first kappa shape index (κ1) is 18.7. The molecule has 2 atom stereocenters. The molecular weight excluding hydrogens is 358 g/mol. The molecule has 0 spiro atoms. The van der Waals surface area contributed by atoms with E-state index in [0.29, 0.717) is 6.42 Å². The van der Waals surface area contributed by atoms with Crippen molar-refractivity contribution in [2.75, 3.05) is 26.2 Å². The van der Waals surface area contributed by atoms with Gasteiger partial charge in [-0.3, -0.25) is 9.89 Å². The third kappa shape index (κ3) is 4.42. The normalized spacial score (nSPS) is 19.4. The Morgan fingerprint density at radius 3 is 2.59 bits per heavy atom. The third-order valence-electron chi connectivity index (χ3n) is 4.82. The number of nitrogens with one attached hydrogen (secondary N) is 1. The Bertz CT molecular complexity index is 819. The molecule has 1 saturated heterocycles. The Morgan fingerprint density at radius 2 is 1.81 bits per heavy atom. The molecule has 4 rings (SSSR count). The fourth-order valence-corrected chi connectivity index (χ4v) is 4.58. The van der Waals surface area contributed by atoms with Crippen molar-refractivity contribution in [3.05, 3.63) is 54.1 Å². The number of fused-ring (bicyclic) bond motifs is 2. The second-order valence-electron chi connectivity index (χ2n) is 6.80. The van der Waals surface area contributed by atoms with Gasteiger partial charge in [0.15, 0.2) is 6.29 Å². The fraction of sp³-hybridized carbons (Fsp3) is 0.381. The minimum absolute atomic E-state index is 0.200. The molecule has 0 aromatic heterocycles. The Balaban J connectivity index is 1.69. The van der Waals surface area contributed by atoms with Gasteiger partial charge in [-0.25, -0.2) is 0 Å². The summed E-state index contributed by atoms with van der Waals surface area (Å²) in [5.74, 6) is 0. The zero-order valence-corrected chi connectivity index (χ0v) is 16.3. The zero-order valence-electron chi connectivity index (χ0n) is 15.5. The van der Waals surface area contributed by atoms with Gasteiger partial charge in [-0.2, -0.15) is 0 Å². The smallest absolute Gasteiger partial charge is 0.153 e. The van der Waals surface area contributed by atoms with Crippen LogP contribution in [0.25, 0.3) is 0 Å². The van der Waals surface area contributed by atoms with E-state index in [1.165, 1.54) is 4.90 Å². The number of hydrogen-bond donors (Lipinski definition) is 2. The average Bonchev–Trinajstić information content (AvgIpc) is 2.84. The highest BCUT2D eigenvalue weighted by molar-refractivity contribution is 7.99. The summed E-state index contributed by atoms with van der Waals surface area (Å²) in [6, 6.07) is 16.6. The third-order valence-corrected chi connectivity index (χ3v) is 5.96. The van der Waals surface area contributed by atoms with Gasteiger partial charge in [0.25, 0.3) is 0 Å². The molecule has 0 bridgehead atoms. The molecule has 2 aromatic rings.